The van der Waals surface area contributed by atoms with Gasteiger partial charge in [0.05, 0.1) is 31.4 Å². The zero-order valence-electron chi connectivity index (χ0n) is 16.4. The number of pyridine rings is 1. The molecule has 160 valence electrons. The molecule has 2 saturated heterocycles. The number of aryl methyl sites for hydroxylation is 1. The molecular weight excluding hydrogens is 396 g/mol. The van der Waals surface area contributed by atoms with Crippen molar-refractivity contribution in [2.75, 3.05) is 39.4 Å². The van der Waals surface area contributed by atoms with Crippen LogP contribution >= 0.6 is 0 Å². The molecule has 0 saturated carbocycles. The molecule has 11 nitrogen and oxygen atoms in total. The average molecular weight is 418 g/mol. The standard InChI is InChI=1S/C19H22N4O7/c1-2-12-14(30-17-15(12)16(24)13(7-20-17)18(25)26)8-21-23-10-11(29-19(23)27)9-22-3-5-28-6-4-22/h7-8,11H,2-6,9-10H2,1H3,(H,20,24)(H,25,26). The van der Waals surface area contributed by atoms with Crippen LogP contribution in [-0.4, -0.2) is 88.9 Å². The maximum absolute atomic E-state index is 12.1. The average Bonchev–Trinajstić information content (AvgIpc) is 3.26. The largest absolute Gasteiger partial charge is 0.506 e. The molecule has 1 amide bonds. The number of amides is 1. The Morgan fingerprint density at radius 2 is 2.17 bits per heavy atom. The summed E-state index contributed by atoms with van der Waals surface area (Å²) in [5, 5.41) is 25.1. The smallest absolute Gasteiger partial charge is 0.430 e. The highest BCUT2D eigenvalue weighted by Crippen LogP contribution is 2.34. The fourth-order valence-corrected chi connectivity index (χ4v) is 3.63. The lowest BCUT2D eigenvalue weighted by Gasteiger charge is -2.27. The third-order valence-corrected chi connectivity index (χ3v) is 5.14. The first-order valence-electron chi connectivity index (χ1n) is 9.66. The summed E-state index contributed by atoms with van der Waals surface area (Å²) in [7, 11) is 0. The second-order valence-electron chi connectivity index (χ2n) is 7.05. The topological polar surface area (TPSA) is 138 Å². The second kappa shape index (κ2) is 8.28. The highest BCUT2D eigenvalue weighted by atomic mass is 16.6. The quantitative estimate of drug-likeness (QED) is 0.664. The van der Waals surface area contributed by atoms with E-state index in [2.05, 4.69) is 15.0 Å². The Morgan fingerprint density at radius 1 is 1.40 bits per heavy atom. The van der Waals surface area contributed by atoms with Crippen molar-refractivity contribution >= 4 is 29.4 Å². The number of fused-ring (bicyclic) bond motifs is 1. The maximum Gasteiger partial charge on any atom is 0.430 e. The number of aromatic carboxylic acids is 1. The molecule has 0 spiro atoms. The SMILES string of the molecule is CCc1c(C=NN2CC(CN3CCOCC3)OC2=O)oc2ncc(C(=O)O)c(O)c12. The minimum absolute atomic E-state index is 0.102. The fraction of sp³-hybridized carbons (Fsp3) is 0.474. The third kappa shape index (κ3) is 3.81. The van der Waals surface area contributed by atoms with Gasteiger partial charge < -0.3 is 24.1 Å². The zero-order valence-corrected chi connectivity index (χ0v) is 16.4. The number of aromatic nitrogens is 1. The van der Waals surface area contributed by atoms with Crippen molar-refractivity contribution < 1.29 is 33.7 Å². The summed E-state index contributed by atoms with van der Waals surface area (Å²) in [5.74, 6) is -1.40. The zero-order chi connectivity index (χ0) is 21.3. The van der Waals surface area contributed by atoms with Gasteiger partial charge in [0.25, 0.3) is 0 Å². The number of carboxylic acid groups (broad SMARTS) is 1. The predicted octanol–water partition coefficient (Wildman–Crippen LogP) is 1.28. The third-order valence-electron chi connectivity index (χ3n) is 5.14. The number of furan rings is 1. The van der Waals surface area contributed by atoms with Gasteiger partial charge in [-0.05, 0) is 6.42 Å². The molecule has 1 unspecified atom stereocenters. The number of hydrogen-bond acceptors (Lipinski definition) is 9. The summed E-state index contributed by atoms with van der Waals surface area (Å²) >= 11 is 0. The number of aromatic hydroxyl groups is 1. The van der Waals surface area contributed by atoms with Gasteiger partial charge in [0, 0.05) is 31.4 Å². The Labute approximate surface area is 171 Å². The van der Waals surface area contributed by atoms with Crippen molar-refractivity contribution in [3.8, 4) is 5.75 Å². The van der Waals surface area contributed by atoms with Crippen LogP contribution in [0.15, 0.2) is 15.7 Å². The van der Waals surface area contributed by atoms with Crippen molar-refractivity contribution in [2.45, 2.75) is 19.4 Å². The van der Waals surface area contributed by atoms with Crippen LogP contribution in [-0.2, 0) is 15.9 Å². The maximum atomic E-state index is 12.1. The van der Waals surface area contributed by atoms with Crippen LogP contribution in [0.5, 0.6) is 5.75 Å². The summed E-state index contributed by atoms with van der Waals surface area (Å²) < 4.78 is 16.3. The van der Waals surface area contributed by atoms with Crippen molar-refractivity contribution in [2.24, 2.45) is 5.10 Å². The molecule has 4 heterocycles. The van der Waals surface area contributed by atoms with Gasteiger partial charge in [0.15, 0.2) is 5.76 Å². The molecule has 2 aromatic heterocycles. The Balaban J connectivity index is 1.52. The minimum atomic E-state index is -1.29. The number of morpholine rings is 1. The van der Waals surface area contributed by atoms with Crippen LogP contribution in [0, 0.1) is 0 Å². The summed E-state index contributed by atoms with van der Waals surface area (Å²) in [4.78, 5) is 29.6. The van der Waals surface area contributed by atoms with E-state index in [4.69, 9.17) is 13.9 Å². The molecule has 1 atom stereocenters. The van der Waals surface area contributed by atoms with Gasteiger partial charge in [-0.15, -0.1) is 0 Å². The molecule has 2 aromatic rings. The van der Waals surface area contributed by atoms with Gasteiger partial charge in [-0.1, -0.05) is 6.92 Å². The van der Waals surface area contributed by atoms with Crippen molar-refractivity contribution in [3.05, 3.63) is 23.1 Å². The van der Waals surface area contributed by atoms with Crippen LogP contribution in [0.25, 0.3) is 11.1 Å². The van der Waals surface area contributed by atoms with Crippen LogP contribution in [0.4, 0.5) is 4.79 Å². The van der Waals surface area contributed by atoms with E-state index in [1.54, 1.807) is 0 Å². The lowest BCUT2D eigenvalue weighted by molar-refractivity contribution is 0.0188. The molecule has 2 aliphatic rings. The molecule has 2 aliphatic heterocycles. The van der Waals surface area contributed by atoms with Crippen molar-refractivity contribution in [1.29, 1.82) is 0 Å². The number of carbonyl (C=O) groups is 2. The molecule has 0 radical (unpaired) electrons. The monoisotopic (exact) mass is 418 g/mol. The van der Waals surface area contributed by atoms with Crippen LogP contribution in [0.3, 0.4) is 0 Å². The number of hydrogen-bond donors (Lipinski definition) is 2. The van der Waals surface area contributed by atoms with Crippen LogP contribution in [0.1, 0.15) is 28.6 Å². The fourth-order valence-electron chi connectivity index (χ4n) is 3.63. The number of nitrogens with zero attached hydrogens (tertiary/aromatic N) is 4. The number of carbonyl (C=O) groups excluding carboxylic acids is 1. The highest BCUT2D eigenvalue weighted by Gasteiger charge is 2.33. The number of rotatable bonds is 6. The van der Waals surface area contributed by atoms with E-state index in [-0.39, 0.29) is 22.8 Å². The van der Waals surface area contributed by atoms with E-state index < -0.39 is 17.8 Å². The van der Waals surface area contributed by atoms with E-state index in [1.807, 2.05) is 6.92 Å². The first-order chi connectivity index (χ1) is 14.5. The van der Waals surface area contributed by atoms with Gasteiger partial charge in [-0.25, -0.2) is 14.6 Å². The minimum Gasteiger partial charge on any atom is -0.506 e. The summed E-state index contributed by atoms with van der Waals surface area (Å²) in [6.45, 7) is 5.67. The summed E-state index contributed by atoms with van der Waals surface area (Å²) in [6.07, 6.45) is 2.00. The second-order valence-corrected chi connectivity index (χ2v) is 7.05. The lowest BCUT2D eigenvalue weighted by atomic mass is 10.1. The number of cyclic esters (lactones) is 1. The van der Waals surface area contributed by atoms with E-state index in [1.165, 1.54) is 11.2 Å². The number of carboxylic acids is 1. The predicted molar refractivity (Wildman–Crippen MR) is 104 cm³/mol. The summed E-state index contributed by atoms with van der Waals surface area (Å²) in [6, 6.07) is 0. The Kier molecular flexibility index (Phi) is 5.55. The molecule has 0 aromatic carbocycles. The van der Waals surface area contributed by atoms with E-state index in [0.717, 1.165) is 19.3 Å². The van der Waals surface area contributed by atoms with Crippen molar-refractivity contribution in [3.63, 3.8) is 0 Å². The van der Waals surface area contributed by atoms with E-state index in [0.29, 0.717) is 44.0 Å². The summed E-state index contributed by atoms with van der Waals surface area (Å²) in [5.41, 5.74) is 0.347. The van der Waals surface area contributed by atoms with E-state index >= 15 is 0 Å². The van der Waals surface area contributed by atoms with Gasteiger partial charge in [-0.2, -0.15) is 10.1 Å². The molecule has 30 heavy (non-hydrogen) atoms. The molecule has 2 fully saturated rings. The highest BCUT2D eigenvalue weighted by molar-refractivity contribution is 6.00. The Bertz CT molecular complexity index is 996. The van der Waals surface area contributed by atoms with Gasteiger partial charge in [0.2, 0.25) is 5.71 Å². The van der Waals surface area contributed by atoms with Gasteiger partial charge in [0.1, 0.15) is 17.4 Å². The Hall–Kier alpha value is -3.18. The molecule has 0 aliphatic carbocycles. The molecule has 11 heteroatoms. The molecule has 4 rings (SSSR count). The lowest BCUT2D eigenvalue weighted by Crippen LogP contribution is -2.41. The van der Waals surface area contributed by atoms with Crippen molar-refractivity contribution in [1.82, 2.24) is 14.9 Å². The first kappa shape index (κ1) is 20.1. The van der Waals surface area contributed by atoms with Gasteiger partial charge >= 0.3 is 12.1 Å². The molecule has 2 N–H and O–H groups in total. The van der Waals surface area contributed by atoms with Crippen LogP contribution in [0.2, 0.25) is 0 Å². The number of hydrazone groups is 1. The normalized spacial score (nSPS) is 20.4. The number of ether oxygens (including phenoxy) is 2. The van der Waals surface area contributed by atoms with E-state index in [9.17, 15) is 19.8 Å². The molecular formula is C19H22N4O7. The van der Waals surface area contributed by atoms with Gasteiger partial charge in [-0.3, -0.25) is 4.90 Å². The Morgan fingerprint density at radius 3 is 2.87 bits per heavy atom. The van der Waals surface area contributed by atoms with Crippen LogP contribution < -0.4 is 0 Å². The first-order valence-corrected chi connectivity index (χ1v) is 9.66. The molecule has 0 bridgehead atoms.